The molecule has 0 unspecified atom stereocenters. The Hall–Kier alpha value is -3.13. The molecular weight excluding hydrogens is 386 g/mol. The van der Waals surface area contributed by atoms with Crippen LogP contribution in [0.1, 0.15) is 39.0 Å². The molecule has 9 heteroatoms. The van der Waals surface area contributed by atoms with Gasteiger partial charge in [-0.25, -0.2) is 4.79 Å². The lowest BCUT2D eigenvalue weighted by Crippen LogP contribution is -2.14. The fourth-order valence-electron chi connectivity index (χ4n) is 2.80. The topological polar surface area (TPSA) is 107 Å². The Kier molecular flexibility index (Phi) is 5.79. The molecule has 0 amide bonds. The fourth-order valence-corrected chi connectivity index (χ4v) is 3.02. The van der Waals surface area contributed by atoms with Crippen molar-refractivity contribution in [2.75, 3.05) is 13.2 Å². The number of nitrogens with zero attached hydrogens (tertiary/aromatic N) is 2. The van der Waals surface area contributed by atoms with Crippen molar-refractivity contribution in [1.82, 2.24) is 15.1 Å². The number of nitrogens with one attached hydrogen (secondary N) is 1. The van der Waals surface area contributed by atoms with E-state index in [0.29, 0.717) is 27.4 Å². The van der Waals surface area contributed by atoms with Gasteiger partial charge in [-0.3, -0.25) is 9.32 Å². The van der Waals surface area contributed by atoms with Gasteiger partial charge in [0.05, 0.1) is 11.6 Å². The predicted molar refractivity (Wildman–Crippen MR) is 101 cm³/mol. The summed E-state index contributed by atoms with van der Waals surface area (Å²) in [6.07, 6.45) is -0.153. The van der Waals surface area contributed by atoms with Gasteiger partial charge in [-0.15, -0.1) is 0 Å². The van der Waals surface area contributed by atoms with Crippen molar-refractivity contribution in [3.63, 3.8) is 0 Å². The normalized spacial score (nSPS) is 10.7. The van der Waals surface area contributed by atoms with Gasteiger partial charge in [-0.2, -0.15) is 4.98 Å². The molecule has 0 bridgehead atoms. The summed E-state index contributed by atoms with van der Waals surface area (Å²) >= 11 is 6.10. The van der Waals surface area contributed by atoms with E-state index < -0.39 is 5.97 Å². The van der Waals surface area contributed by atoms with Crippen LogP contribution in [0.4, 0.5) is 0 Å². The number of halogens is 1. The number of hydrogen-bond donors (Lipinski definition) is 1. The molecule has 3 rings (SSSR count). The number of aromatic amines is 1. The highest BCUT2D eigenvalue weighted by Crippen LogP contribution is 2.26. The highest BCUT2D eigenvalue weighted by atomic mass is 35.5. The van der Waals surface area contributed by atoms with E-state index in [1.165, 1.54) is 0 Å². The Balaban J connectivity index is 1.72. The number of carbonyl (C=O) groups excluding carboxylic acids is 2. The third-order valence-electron chi connectivity index (χ3n) is 4.04. The molecule has 0 saturated carbocycles. The number of H-pyrrole nitrogens is 1. The maximum absolute atomic E-state index is 12.6. The Bertz CT molecular complexity index is 1020. The van der Waals surface area contributed by atoms with Crippen LogP contribution in [0, 0.1) is 13.8 Å². The first-order valence-corrected chi connectivity index (χ1v) is 8.91. The minimum absolute atomic E-state index is 0.153. The van der Waals surface area contributed by atoms with E-state index in [4.69, 9.17) is 25.6 Å². The molecular formula is C19H18ClN3O5. The number of benzene rings is 1. The van der Waals surface area contributed by atoms with E-state index in [1.807, 2.05) is 0 Å². The van der Waals surface area contributed by atoms with Gasteiger partial charge in [-0.05, 0) is 38.5 Å². The van der Waals surface area contributed by atoms with Crippen molar-refractivity contribution in [3.05, 3.63) is 51.8 Å². The fraction of sp³-hybridized carbons (Fsp3) is 0.263. The standard InChI is InChI=1S/C19H18ClN3O5/c1-4-26-18(25)16-10(2)15(11(3)21-16)14(24)9-27-19-22-17(23-28-19)12-7-5-6-8-13(12)20/h5-8,21H,4,9H2,1-3H3. The van der Waals surface area contributed by atoms with Gasteiger partial charge in [0.1, 0.15) is 5.69 Å². The van der Waals surface area contributed by atoms with Crippen molar-refractivity contribution in [1.29, 1.82) is 0 Å². The van der Waals surface area contributed by atoms with E-state index in [0.717, 1.165) is 0 Å². The highest BCUT2D eigenvalue weighted by molar-refractivity contribution is 6.33. The number of aromatic nitrogens is 3. The van der Waals surface area contributed by atoms with E-state index in [2.05, 4.69) is 15.1 Å². The molecule has 1 N–H and O–H groups in total. The quantitative estimate of drug-likeness (QED) is 0.472. The van der Waals surface area contributed by atoms with Crippen LogP contribution in [-0.2, 0) is 4.74 Å². The van der Waals surface area contributed by atoms with Crippen molar-refractivity contribution in [2.24, 2.45) is 0 Å². The summed E-state index contributed by atoms with van der Waals surface area (Å²) in [5.41, 5.74) is 2.27. The summed E-state index contributed by atoms with van der Waals surface area (Å²) in [5.74, 6) is -0.588. The molecule has 0 atom stereocenters. The number of carbonyl (C=O) groups is 2. The van der Waals surface area contributed by atoms with Gasteiger partial charge < -0.3 is 14.5 Å². The summed E-state index contributed by atoms with van der Waals surface area (Å²) in [5, 5.41) is 4.28. The SMILES string of the molecule is CCOC(=O)c1[nH]c(C)c(C(=O)COc2nc(-c3ccccc3Cl)no2)c1C. The van der Waals surface area contributed by atoms with E-state index in [-0.39, 0.29) is 36.6 Å². The zero-order valence-corrected chi connectivity index (χ0v) is 16.3. The Labute approximate surface area is 165 Å². The second-order valence-electron chi connectivity index (χ2n) is 5.92. The minimum Gasteiger partial charge on any atom is -0.461 e. The zero-order valence-electron chi connectivity index (χ0n) is 15.5. The van der Waals surface area contributed by atoms with Crippen molar-refractivity contribution in [3.8, 4) is 17.5 Å². The van der Waals surface area contributed by atoms with Gasteiger partial charge in [0.15, 0.2) is 6.61 Å². The maximum Gasteiger partial charge on any atom is 0.418 e. The van der Waals surface area contributed by atoms with Gasteiger partial charge in [-0.1, -0.05) is 28.9 Å². The average molecular weight is 404 g/mol. The maximum atomic E-state index is 12.6. The summed E-state index contributed by atoms with van der Waals surface area (Å²) in [4.78, 5) is 31.5. The second-order valence-corrected chi connectivity index (χ2v) is 6.33. The van der Waals surface area contributed by atoms with Gasteiger partial charge in [0.25, 0.3) is 0 Å². The second kappa shape index (κ2) is 8.26. The van der Waals surface area contributed by atoms with Crippen LogP contribution in [0.25, 0.3) is 11.4 Å². The first kappa shape index (κ1) is 19.6. The van der Waals surface area contributed by atoms with Crippen LogP contribution in [0.15, 0.2) is 28.8 Å². The molecule has 0 radical (unpaired) electrons. The first-order chi connectivity index (χ1) is 13.4. The molecule has 28 heavy (non-hydrogen) atoms. The molecule has 0 fully saturated rings. The van der Waals surface area contributed by atoms with Crippen molar-refractivity contribution < 1.29 is 23.6 Å². The van der Waals surface area contributed by atoms with E-state index >= 15 is 0 Å². The molecule has 2 aromatic heterocycles. The molecule has 2 heterocycles. The lowest BCUT2D eigenvalue weighted by Gasteiger charge is -2.03. The van der Waals surface area contributed by atoms with E-state index in [9.17, 15) is 9.59 Å². The van der Waals surface area contributed by atoms with Crippen LogP contribution in [0.3, 0.4) is 0 Å². The highest BCUT2D eigenvalue weighted by Gasteiger charge is 2.23. The smallest absolute Gasteiger partial charge is 0.418 e. The van der Waals surface area contributed by atoms with Crippen molar-refractivity contribution >= 4 is 23.4 Å². The van der Waals surface area contributed by atoms with Gasteiger partial charge in [0.2, 0.25) is 11.6 Å². The molecule has 8 nitrogen and oxygen atoms in total. The van der Waals surface area contributed by atoms with Gasteiger partial charge in [0, 0.05) is 16.8 Å². The Morgan fingerprint density at radius 1 is 1.25 bits per heavy atom. The number of aryl methyl sites for hydroxylation is 1. The molecule has 3 aromatic rings. The third-order valence-corrected chi connectivity index (χ3v) is 4.37. The predicted octanol–water partition coefficient (Wildman–Crippen LogP) is 3.77. The van der Waals surface area contributed by atoms with Crippen molar-refractivity contribution in [2.45, 2.75) is 20.8 Å². The number of hydrogen-bond acceptors (Lipinski definition) is 7. The van der Waals surface area contributed by atoms with Gasteiger partial charge >= 0.3 is 12.0 Å². The summed E-state index contributed by atoms with van der Waals surface area (Å²) < 4.78 is 15.3. The summed E-state index contributed by atoms with van der Waals surface area (Å²) in [6, 6.07) is 7.02. The van der Waals surface area contributed by atoms with Crippen LogP contribution in [-0.4, -0.2) is 40.1 Å². The van der Waals surface area contributed by atoms with Crippen LogP contribution in [0.2, 0.25) is 5.02 Å². The lowest BCUT2D eigenvalue weighted by molar-refractivity contribution is 0.0519. The Morgan fingerprint density at radius 3 is 2.71 bits per heavy atom. The monoisotopic (exact) mass is 403 g/mol. The molecule has 0 spiro atoms. The lowest BCUT2D eigenvalue weighted by atomic mass is 10.1. The van der Waals surface area contributed by atoms with Crippen LogP contribution < -0.4 is 4.74 Å². The number of ketones is 1. The average Bonchev–Trinajstić information content (AvgIpc) is 3.25. The Morgan fingerprint density at radius 2 is 2.00 bits per heavy atom. The minimum atomic E-state index is -0.510. The molecule has 0 aliphatic rings. The zero-order chi connectivity index (χ0) is 20.3. The summed E-state index contributed by atoms with van der Waals surface area (Å²) in [6.45, 7) is 5.00. The number of Topliss-reactive ketones (excluding diaryl/α,β-unsaturated/α-hetero) is 1. The van der Waals surface area contributed by atoms with Crippen LogP contribution in [0.5, 0.6) is 6.08 Å². The number of esters is 1. The van der Waals surface area contributed by atoms with Crippen LogP contribution >= 0.6 is 11.6 Å². The largest absolute Gasteiger partial charge is 0.461 e. The number of ether oxygens (including phenoxy) is 2. The molecule has 0 aliphatic heterocycles. The molecule has 0 saturated heterocycles. The molecule has 0 aliphatic carbocycles. The van der Waals surface area contributed by atoms with E-state index in [1.54, 1.807) is 45.0 Å². The summed E-state index contributed by atoms with van der Waals surface area (Å²) in [7, 11) is 0. The first-order valence-electron chi connectivity index (χ1n) is 8.53. The number of rotatable bonds is 7. The molecule has 146 valence electrons. The molecule has 1 aromatic carbocycles. The third kappa shape index (κ3) is 3.91.